The van der Waals surface area contributed by atoms with E-state index in [1.807, 2.05) is 9.21 Å². The SMILES string of the molecule is CC1[C@@H]2CC[C@@]1(CS(=O)N1CCN(c3ncc(C(F)(F)F)cn3)CC1)C(O)C2. The van der Waals surface area contributed by atoms with E-state index in [-0.39, 0.29) is 17.5 Å². The maximum atomic E-state index is 13.0. The standard InChI is InChI=1S/C18H25F3N4O2S/c1-12-13-2-3-17(12,15(26)8-13)11-28(27)25-6-4-24(5-7-25)16-22-9-14(10-23-16)18(19,20)21/h9-10,12-13,15,26H,2-8,11H2,1H3/t12?,13-,15?,17+,28?/m1/s1. The molecule has 2 saturated carbocycles. The topological polar surface area (TPSA) is 69.6 Å². The van der Waals surface area contributed by atoms with Crippen molar-refractivity contribution < 1.29 is 22.5 Å². The average molecular weight is 418 g/mol. The number of halogens is 3. The van der Waals surface area contributed by atoms with Crippen LogP contribution in [0.4, 0.5) is 19.1 Å². The van der Waals surface area contributed by atoms with E-state index < -0.39 is 22.7 Å². The van der Waals surface area contributed by atoms with Gasteiger partial charge in [-0.1, -0.05) is 6.92 Å². The Labute approximate surface area is 164 Å². The molecule has 1 saturated heterocycles. The summed E-state index contributed by atoms with van der Waals surface area (Å²) in [4.78, 5) is 9.49. The Morgan fingerprint density at radius 2 is 1.89 bits per heavy atom. The molecule has 10 heteroatoms. The molecule has 28 heavy (non-hydrogen) atoms. The van der Waals surface area contributed by atoms with E-state index in [2.05, 4.69) is 16.9 Å². The number of hydrogen-bond acceptors (Lipinski definition) is 5. The van der Waals surface area contributed by atoms with Crippen molar-refractivity contribution in [3.05, 3.63) is 18.0 Å². The predicted molar refractivity (Wildman–Crippen MR) is 98.8 cm³/mol. The van der Waals surface area contributed by atoms with Crippen molar-refractivity contribution in [3.63, 3.8) is 0 Å². The van der Waals surface area contributed by atoms with Crippen LogP contribution in [-0.2, 0) is 17.2 Å². The zero-order valence-corrected chi connectivity index (χ0v) is 16.5. The van der Waals surface area contributed by atoms with Gasteiger partial charge in [-0.2, -0.15) is 13.2 Å². The molecule has 1 aliphatic heterocycles. The number of piperazine rings is 1. The number of aliphatic hydroxyl groups is 1. The van der Waals surface area contributed by atoms with Crippen molar-refractivity contribution >= 4 is 16.9 Å². The molecule has 0 amide bonds. The monoisotopic (exact) mass is 418 g/mol. The van der Waals surface area contributed by atoms with Crippen LogP contribution < -0.4 is 4.90 Å². The van der Waals surface area contributed by atoms with Crippen LogP contribution in [0.1, 0.15) is 31.7 Å². The Kier molecular flexibility index (Phi) is 5.16. The Balaban J connectivity index is 1.35. The highest BCUT2D eigenvalue weighted by Crippen LogP contribution is 2.58. The third kappa shape index (κ3) is 3.43. The summed E-state index contributed by atoms with van der Waals surface area (Å²) in [6.07, 6.45) is -0.366. The molecular formula is C18H25F3N4O2S. The lowest BCUT2D eigenvalue weighted by Gasteiger charge is -2.38. The highest BCUT2D eigenvalue weighted by Gasteiger charge is 2.57. The molecule has 1 aromatic rings. The fourth-order valence-electron chi connectivity index (χ4n) is 5.06. The zero-order valence-electron chi connectivity index (χ0n) is 15.7. The van der Waals surface area contributed by atoms with Crippen LogP contribution in [-0.4, -0.2) is 61.6 Å². The predicted octanol–water partition coefficient (Wildman–Crippen LogP) is 2.08. The van der Waals surface area contributed by atoms with E-state index in [4.69, 9.17) is 0 Å². The van der Waals surface area contributed by atoms with Crippen LogP contribution in [0.5, 0.6) is 0 Å². The van der Waals surface area contributed by atoms with Gasteiger partial charge in [0.2, 0.25) is 5.95 Å². The lowest BCUT2D eigenvalue weighted by atomic mass is 9.79. The third-order valence-corrected chi connectivity index (χ3v) is 8.68. The molecule has 2 bridgehead atoms. The normalized spacial score (nSPS) is 34.8. The molecule has 4 rings (SSSR count). The summed E-state index contributed by atoms with van der Waals surface area (Å²) in [5.74, 6) is 1.69. The summed E-state index contributed by atoms with van der Waals surface area (Å²) in [7, 11) is -1.18. The van der Waals surface area contributed by atoms with E-state index in [0.717, 1.165) is 31.7 Å². The molecule has 0 radical (unpaired) electrons. The molecule has 5 atom stereocenters. The first-order valence-electron chi connectivity index (χ1n) is 9.66. The molecule has 3 aliphatic rings. The van der Waals surface area contributed by atoms with E-state index in [9.17, 15) is 22.5 Å². The summed E-state index contributed by atoms with van der Waals surface area (Å²) >= 11 is 0. The Morgan fingerprint density at radius 1 is 1.25 bits per heavy atom. The second-order valence-corrected chi connectivity index (χ2v) is 9.67. The highest BCUT2D eigenvalue weighted by molar-refractivity contribution is 7.82. The van der Waals surface area contributed by atoms with Crippen molar-refractivity contribution in [3.8, 4) is 0 Å². The van der Waals surface area contributed by atoms with Gasteiger partial charge in [0, 0.05) is 49.7 Å². The molecule has 3 unspecified atom stereocenters. The van der Waals surface area contributed by atoms with Gasteiger partial charge in [0.15, 0.2) is 0 Å². The molecule has 1 N–H and O–H groups in total. The van der Waals surface area contributed by atoms with Crippen LogP contribution in [0.15, 0.2) is 12.4 Å². The fraction of sp³-hybridized carbons (Fsp3) is 0.778. The first-order valence-corrected chi connectivity index (χ1v) is 10.9. The Morgan fingerprint density at radius 3 is 2.39 bits per heavy atom. The van der Waals surface area contributed by atoms with Crippen LogP contribution in [0.3, 0.4) is 0 Å². The first kappa shape index (κ1) is 20.0. The lowest BCUT2D eigenvalue weighted by Crippen LogP contribution is -2.50. The third-order valence-electron chi connectivity index (χ3n) is 6.95. The van der Waals surface area contributed by atoms with Gasteiger partial charge in [-0.05, 0) is 31.1 Å². The molecule has 0 spiro atoms. The van der Waals surface area contributed by atoms with Gasteiger partial charge >= 0.3 is 6.18 Å². The number of aliphatic hydroxyl groups excluding tert-OH is 1. The zero-order chi connectivity index (χ0) is 20.1. The van der Waals surface area contributed by atoms with Gasteiger partial charge in [-0.15, -0.1) is 0 Å². The molecule has 2 heterocycles. The second-order valence-electron chi connectivity index (χ2n) is 8.22. The summed E-state index contributed by atoms with van der Waals surface area (Å²) in [6.45, 7) is 4.24. The minimum Gasteiger partial charge on any atom is -0.392 e. The molecular weight excluding hydrogens is 393 g/mol. The van der Waals surface area contributed by atoms with E-state index >= 15 is 0 Å². The van der Waals surface area contributed by atoms with Gasteiger partial charge in [0.25, 0.3) is 0 Å². The number of hydrogen-bond donors (Lipinski definition) is 1. The first-order chi connectivity index (χ1) is 13.2. The molecule has 3 fully saturated rings. The molecule has 6 nitrogen and oxygen atoms in total. The van der Waals surface area contributed by atoms with Gasteiger partial charge < -0.3 is 10.0 Å². The number of alkyl halides is 3. The van der Waals surface area contributed by atoms with Gasteiger partial charge in [0.05, 0.1) is 22.7 Å². The second kappa shape index (κ2) is 7.21. The maximum Gasteiger partial charge on any atom is 0.419 e. The van der Waals surface area contributed by atoms with E-state index in [1.54, 1.807) is 0 Å². The fourth-order valence-corrected chi connectivity index (χ4v) is 6.87. The van der Waals surface area contributed by atoms with E-state index in [1.165, 1.54) is 0 Å². The van der Waals surface area contributed by atoms with Crippen LogP contribution in [0.25, 0.3) is 0 Å². The summed E-state index contributed by atoms with van der Waals surface area (Å²) in [5, 5.41) is 10.5. The van der Waals surface area contributed by atoms with Crippen molar-refractivity contribution in [2.45, 2.75) is 38.5 Å². The Hall–Kier alpha value is -1.26. The van der Waals surface area contributed by atoms with Crippen molar-refractivity contribution in [1.29, 1.82) is 0 Å². The van der Waals surface area contributed by atoms with Crippen molar-refractivity contribution in [2.75, 3.05) is 36.8 Å². The summed E-state index contributed by atoms with van der Waals surface area (Å²) in [5.41, 5.74) is -1.10. The largest absolute Gasteiger partial charge is 0.419 e. The van der Waals surface area contributed by atoms with Crippen LogP contribution in [0, 0.1) is 17.3 Å². The molecule has 2 aliphatic carbocycles. The van der Waals surface area contributed by atoms with Crippen LogP contribution >= 0.6 is 0 Å². The van der Waals surface area contributed by atoms with Crippen molar-refractivity contribution in [1.82, 2.24) is 14.3 Å². The minimum absolute atomic E-state index is 0.233. The number of rotatable bonds is 4. The highest BCUT2D eigenvalue weighted by atomic mass is 32.2. The Bertz CT molecular complexity index is 739. The lowest BCUT2D eigenvalue weighted by molar-refractivity contribution is -0.138. The average Bonchev–Trinajstić information content (AvgIpc) is 3.09. The van der Waals surface area contributed by atoms with Crippen molar-refractivity contribution in [2.24, 2.45) is 17.3 Å². The smallest absolute Gasteiger partial charge is 0.392 e. The summed E-state index contributed by atoms with van der Waals surface area (Å²) < 4.78 is 52.8. The number of aromatic nitrogens is 2. The van der Waals surface area contributed by atoms with E-state index in [0.29, 0.717) is 43.8 Å². The number of nitrogens with zero attached hydrogens (tertiary/aromatic N) is 4. The van der Waals surface area contributed by atoms with Gasteiger partial charge in [-0.25, -0.2) is 18.5 Å². The molecule has 0 aromatic carbocycles. The number of fused-ring (bicyclic) bond motifs is 2. The maximum absolute atomic E-state index is 13.0. The molecule has 156 valence electrons. The van der Waals surface area contributed by atoms with Gasteiger partial charge in [0.1, 0.15) is 0 Å². The van der Waals surface area contributed by atoms with Gasteiger partial charge in [-0.3, -0.25) is 0 Å². The quantitative estimate of drug-likeness (QED) is 0.811. The van der Waals surface area contributed by atoms with Crippen LogP contribution in [0.2, 0.25) is 0 Å². The number of anilines is 1. The summed E-state index contributed by atoms with van der Waals surface area (Å²) in [6, 6.07) is 0. The molecule has 1 aromatic heterocycles. The minimum atomic E-state index is -4.45.